The van der Waals surface area contributed by atoms with Gasteiger partial charge in [0.15, 0.2) is 11.5 Å². The topological polar surface area (TPSA) is 97.8 Å². The number of halogens is 3. The number of fused-ring (bicyclic) bond motifs is 1. The Kier molecular flexibility index (Phi) is 5.44. The van der Waals surface area contributed by atoms with E-state index in [-0.39, 0.29) is 23.8 Å². The van der Waals surface area contributed by atoms with Crippen LogP contribution in [0.15, 0.2) is 30.6 Å². The minimum absolute atomic E-state index is 0.0215. The first-order valence-electron chi connectivity index (χ1n) is 9.64. The third-order valence-electron chi connectivity index (χ3n) is 4.88. The van der Waals surface area contributed by atoms with E-state index in [9.17, 15) is 18.0 Å². The van der Waals surface area contributed by atoms with Crippen LogP contribution in [0.1, 0.15) is 27.3 Å². The molecule has 0 aliphatic carbocycles. The van der Waals surface area contributed by atoms with Crippen molar-refractivity contribution in [3.8, 4) is 0 Å². The number of carbonyl (C=O) groups is 1. The average Bonchev–Trinajstić information content (AvgIpc) is 3.15. The van der Waals surface area contributed by atoms with Gasteiger partial charge in [0.2, 0.25) is 0 Å². The number of rotatable bonds is 4. The Balaban J connectivity index is 1.60. The monoisotopic (exact) mass is 434 g/mol. The summed E-state index contributed by atoms with van der Waals surface area (Å²) in [6.45, 7) is 3.77. The molecule has 1 aromatic carbocycles. The molecule has 3 heterocycles. The van der Waals surface area contributed by atoms with Crippen LogP contribution in [0, 0.1) is 6.92 Å². The largest absolute Gasteiger partial charge is 0.416 e. The van der Waals surface area contributed by atoms with E-state index >= 15 is 0 Å². The van der Waals surface area contributed by atoms with Crippen molar-refractivity contribution >= 4 is 23.1 Å². The quantitative estimate of drug-likeness (QED) is 0.613. The van der Waals surface area contributed by atoms with Crippen molar-refractivity contribution in [1.82, 2.24) is 19.3 Å². The van der Waals surface area contributed by atoms with Gasteiger partial charge < -0.3 is 25.1 Å². The zero-order chi connectivity index (χ0) is 22.2. The van der Waals surface area contributed by atoms with E-state index in [0.29, 0.717) is 49.0 Å². The van der Waals surface area contributed by atoms with Gasteiger partial charge in [-0.2, -0.15) is 13.2 Å². The maximum Gasteiger partial charge on any atom is 0.416 e. The first kappa shape index (κ1) is 20.9. The number of benzene rings is 1. The number of amides is 1. The highest BCUT2D eigenvalue weighted by atomic mass is 19.4. The van der Waals surface area contributed by atoms with Crippen molar-refractivity contribution < 1.29 is 22.7 Å². The Morgan fingerprint density at radius 3 is 2.65 bits per heavy atom. The summed E-state index contributed by atoms with van der Waals surface area (Å²) in [6.07, 6.45) is -1.14. The minimum atomic E-state index is -4.49. The van der Waals surface area contributed by atoms with Crippen LogP contribution < -0.4 is 11.1 Å². The first-order valence-corrected chi connectivity index (χ1v) is 9.64. The van der Waals surface area contributed by atoms with Crippen LogP contribution in [0.4, 0.5) is 24.7 Å². The molecule has 1 aliphatic heterocycles. The molecule has 11 heteroatoms. The first-order chi connectivity index (χ1) is 14.7. The van der Waals surface area contributed by atoms with Gasteiger partial charge in [-0.15, -0.1) is 0 Å². The highest BCUT2D eigenvalue weighted by Crippen LogP contribution is 2.31. The molecule has 0 radical (unpaired) electrons. The second-order valence-corrected chi connectivity index (χ2v) is 7.31. The number of nitrogens with one attached hydrogen (secondary N) is 1. The zero-order valence-corrected chi connectivity index (χ0v) is 16.7. The predicted molar refractivity (Wildman–Crippen MR) is 108 cm³/mol. The smallest absolute Gasteiger partial charge is 0.399 e. The molecule has 1 saturated heterocycles. The molecule has 8 nitrogen and oxygen atoms in total. The summed E-state index contributed by atoms with van der Waals surface area (Å²) in [6, 6.07) is 3.40. The van der Waals surface area contributed by atoms with Crippen molar-refractivity contribution in [2.24, 2.45) is 0 Å². The molecular formula is C20H21F3N6O2. The number of aryl methyl sites for hydroxylation is 1. The number of imidazole rings is 1. The summed E-state index contributed by atoms with van der Waals surface area (Å²) in [5.74, 6) is 0.151. The van der Waals surface area contributed by atoms with Gasteiger partial charge in [-0.05, 0) is 30.7 Å². The number of anilines is 2. The van der Waals surface area contributed by atoms with Gasteiger partial charge in [0.05, 0.1) is 24.5 Å². The molecule has 1 fully saturated rings. The van der Waals surface area contributed by atoms with Gasteiger partial charge in [0, 0.05) is 37.7 Å². The Morgan fingerprint density at radius 1 is 1.19 bits per heavy atom. The fourth-order valence-electron chi connectivity index (χ4n) is 3.44. The summed E-state index contributed by atoms with van der Waals surface area (Å²) in [4.78, 5) is 23.2. The van der Waals surface area contributed by atoms with Crippen LogP contribution in [0.2, 0.25) is 0 Å². The average molecular weight is 434 g/mol. The molecule has 0 bridgehead atoms. The van der Waals surface area contributed by atoms with Crippen LogP contribution in [0.5, 0.6) is 0 Å². The van der Waals surface area contributed by atoms with Crippen LogP contribution >= 0.6 is 0 Å². The van der Waals surface area contributed by atoms with E-state index < -0.39 is 11.7 Å². The Hall–Kier alpha value is -3.34. The molecule has 164 valence electrons. The Bertz CT molecular complexity index is 1120. The zero-order valence-electron chi connectivity index (χ0n) is 16.7. The molecule has 3 N–H and O–H groups in total. The van der Waals surface area contributed by atoms with Crippen molar-refractivity contribution in [2.45, 2.75) is 19.6 Å². The molecule has 2 aromatic heterocycles. The molecule has 3 aromatic rings. The number of hydrogen-bond acceptors (Lipinski definition) is 6. The highest BCUT2D eigenvalue weighted by Gasteiger charge is 2.31. The molecule has 0 spiro atoms. The predicted octanol–water partition coefficient (Wildman–Crippen LogP) is 2.72. The maximum absolute atomic E-state index is 13.1. The summed E-state index contributed by atoms with van der Waals surface area (Å²) < 4.78 is 46.1. The highest BCUT2D eigenvalue weighted by molar-refractivity contribution is 5.93. The number of nitrogens with two attached hydrogens (primary N) is 1. The molecule has 31 heavy (non-hydrogen) atoms. The van der Waals surface area contributed by atoms with E-state index in [4.69, 9.17) is 10.5 Å². The molecule has 4 rings (SSSR count). The lowest BCUT2D eigenvalue weighted by Gasteiger charge is -2.25. The van der Waals surface area contributed by atoms with E-state index in [0.717, 1.165) is 12.1 Å². The normalized spacial score (nSPS) is 14.8. The van der Waals surface area contributed by atoms with Gasteiger partial charge in [0.1, 0.15) is 5.69 Å². The number of hydrogen-bond donors (Lipinski definition) is 2. The summed E-state index contributed by atoms with van der Waals surface area (Å²) >= 11 is 0. The Morgan fingerprint density at radius 2 is 1.94 bits per heavy atom. The third kappa shape index (κ3) is 4.55. The van der Waals surface area contributed by atoms with E-state index in [1.165, 1.54) is 6.07 Å². The minimum Gasteiger partial charge on any atom is -0.399 e. The summed E-state index contributed by atoms with van der Waals surface area (Å²) in [5.41, 5.74) is 6.52. The van der Waals surface area contributed by atoms with Crippen LogP contribution in [0.25, 0.3) is 5.65 Å². The maximum atomic E-state index is 13.1. The van der Waals surface area contributed by atoms with Gasteiger partial charge >= 0.3 is 6.18 Å². The number of nitrogen functional groups attached to an aromatic ring is 1. The number of alkyl halides is 3. The molecule has 1 amide bonds. The second-order valence-electron chi connectivity index (χ2n) is 7.31. The number of carbonyl (C=O) groups excluding carboxylic acids is 1. The number of morpholine rings is 1. The number of nitrogens with zero attached hydrogens (tertiary/aromatic N) is 4. The van der Waals surface area contributed by atoms with Gasteiger partial charge in [0.25, 0.3) is 5.91 Å². The van der Waals surface area contributed by atoms with E-state index in [1.807, 2.05) is 0 Å². The van der Waals surface area contributed by atoms with Crippen LogP contribution in [0.3, 0.4) is 0 Å². The van der Waals surface area contributed by atoms with E-state index in [2.05, 4.69) is 15.3 Å². The molecule has 0 unspecified atom stereocenters. The van der Waals surface area contributed by atoms with E-state index in [1.54, 1.807) is 28.6 Å². The third-order valence-corrected chi connectivity index (χ3v) is 4.88. The van der Waals surface area contributed by atoms with Gasteiger partial charge in [-0.1, -0.05) is 0 Å². The molecule has 0 saturated carbocycles. The standard InChI is InChI=1S/C20H21F3N6O2/c1-12-10-29-11-16(19(30)28-2-4-31-5-3-28)27-18(29)17(26-12)25-9-13-6-14(20(21,22)23)8-15(24)7-13/h6-8,10-11H,2-5,9,24H2,1H3,(H,25,26). The lowest BCUT2D eigenvalue weighted by molar-refractivity contribution is -0.137. The van der Waals surface area contributed by atoms with Crippen molar-refractivity contribution in [3.05, 3.63) is 53.1 Å². The van der Waals surface area contributed by atoms with Crippen molar-refractivity contribution in [1.29, 1.82) is 0 Å². The molecule has 1 aliphatic rings. The molecule has 0 atom stereocenters. The van der Waals surface area contributed by atoms with Crippen molar-refractivity contribution in [3.63, 3.8) is 0 Å². The Labute approximate surface area is 175 Å². The summed E-state index contributed by atoms with van der Waals surface area (Å²) in [7, 11) is 0. The fraction of sp³-hybridized carbons (Fsp3) is 0.350. The number of ether oxygens (including phenoxy) is 1. The fourth-order valence-corrected chi connectivity index (χ4v) is 3.44. The molecular weight excluding hydrogens is 413 g/mol. The lowest BCUT2D eigenvalue weighted by atomic mass is 10.1. The van der Waals surface area contributed by atoms with Gasteiger partial charge in [-0.3, -0.25) is 4.79 Å². The lowest BCUT2D eigenvalue weighted by Crippen LogP contribution is -2.40. The van der Waals surface area contributed by atoms with Crippen LogP contribution in [-0.4, -0.2) is 51.5 Å². The second kappa shape index (κ2) is 8.06. The van der Waals surface area contributed by atoms with Gasteiger partial charge in [-0.25, -0.2) is 9.97 Å². The summed E-state index contributed by atoms with van der Waals surface area (Å²) in [5, 5.41) is 3.02. The van der Waals surface area contributed by atoms with Crippen LogP contribution in [-0.2, 0) is 17.5 Å². The SMILES string of the molecule is Cc1cn2cc(C(=O)N3CCOCC3)nc2c(NCc2cc(N)cc(C(F)(F)F)c2)n1. The number of aromatic nitrogens is 3. The van der Waals surface area contributed by atoms with Crippen molar-refractivity contribution in [2.75, 3.05) is 37.4 Å².